The van der Waals surface area contributed by atoms with Crippen LogP contribution in [0.2, 0.25) is 0 Å². The van der Waals surface area contributed by atoms with E-state index in [-0.39, 0.29) is 5.91 Å². The standard InChI is InChI=1S/C13H17N3OS/c1-4-9-5-6-18-12(9)13(17)14-11-7-10(8(2)3)15-16-11/h5-8H,4H2,1-3H3,(H2,14,15,16,17). The molecule has 2 rings (SSSR count). The van der Waals surface area contributed by atoms with Crippen LogP contribution in [0.3, 0.4) is 0 Å². The number of thiophene rings is 1. The maximum Gasteiger partial charge on any atom is 0.267 e. The molecule has 0 aromatic carbocycles. The second-order valence-corrected chi connectivity index (χ2v) is 5.36. The molecule has 0 aliphatic rings. The van der Waals surface area contributed by atoms with Crippen molar-refractivity contribution in [3.8, 4) is 0 Å². The van der Waals surface area contributed by atoms with Gasteiger partial charge in [-0.25, -0.2) is 0 Å². The third kappa shape index (κ3) is 2.61. The van der Waals surface area contributed by atoms with E-state index in [1.54, 1.807) is 0 Å². The molecule has 2 aromatic heterocycles. The zero-order chi connectivity index (χ0) is 13.1. The van der Waals surface area contributed by atoms with E-state index < -0.39 is 0 Å². The first kappa shape index (κ1) is 12.8. The summed E-state index contributed by atoms with van der Waals surface area (Å²) >= 11 is 1.46. The number of nitrogens with zero attached hydrogens (tertiary/aromatic N) is 1. The van der Waals surface area contributed by atoms with Crippen LogP contribution in [0.1, 0.15) is 47.6 Å². The number of aromatic nitrogens is 2. The highest BCUT2D eigenvalue weighted by molar-refractivity contribution is 7.12. The molecule has 0 atom stereocenters. The highest BCUT2D eigenvalue weighted by atomic mass is 32.1. The number of H-pyrrole nitrogens is 1. The van der Waals surface area contributed by atoms with Gasteiger partial charge in [-0.3, -0.25) is 9.89 Å². The zero-order valence-corrected chi connectivity index (χ0v) is 11.6. The number of aryl methyl sites for hydroxylation is 1. The molecule has 0 unspecified atom stereocenters. The molecule has 0 spiro atoms. The van der Waals surface area contributed by atoms with Crippen molar-refractivity contribution in [3.63, 3.8) is 0 Å². The van der Waals surface area contributed by atoms with Gasteiger partial charge in [-0.2, -0.15) is 5.10 Å². The Kier molecular flexibility index (Phi) is 3.81. The van der Waals surface area contributed by atoms with Crippen molar-refractivity contribution in [2.45, 2.75) is 33.1 Å². The molecule has 0 radical (unpaired) electrons. The van der Waals surface area contributed by atoms with Crippen LogP contribution in [0.5, 0.6) is 0 Å². The summed E-state index contributed by atoms with van der Waals surface area (Å²) in [5.74, 6) is 0.874. The number of nitrogens with one attached hydrogen (secondary N) is 2. The molecule has 0 saturated carbocycles. The van der Waals surface area contributed by atoms with Gasteiger partial charge in [0, 0.05) is 11.8 Å². The second kappa shape index (κ2) is 5.35. The predicted molar refractivity (Wildman–Crippen MR) is 74.3 cm³/mol. The SMILES string of the molecule is CCc1ccsc1C(=O)Nc1cc(C(C)C)[nH]n1. The average molecular weight is 263 g/mol. The quantitative estimate of drug-likeness (QED) is 0.888. The number of hydrogen-bond donors (Lipinski definition) is 2. The van der Waals surface area contributed by atoms with Gasteiger partial charge in [0.15, 0.2) is 5.82 Å². The average Bonchev–Trinajstić information content (AvgIpc) is 2.96. The minimum atomic E-state index is -0.0799. The molecule has 0 aliphatic carbocycles. The van der Waals surface area contributed by atoms with E-state index in [0.717, 1.165) is 22.6 Å². The first-order valence-corrected chi connectivity index (χ1v) is 6.92. The lowest BCUT2D eigenvalue weighted by molar-refractivity contribution is 0.102. The highest BCUT2D eigenvalue weighted by Crippen LogP contribution is 2.20. The fourth-order valence-corrected chi connectivity index (χ4v) is 2.57. The molecule has 0 saturated heterocycles. The van der Waals surface area contributed by atoms with Crippen LogP contribution >= 0.6 is 11.3 Å². The Bertz CT molecular complexity index is 542. The van der Waals surface area contributed by atoms with Gasteiger partial charge < -0.3 is 5.32 Å². The maximum atomic E-state index is 12.1. The molecule has 18 heavy (non-hydrogen) atoms. The Morgan fingerprint density at radius 2 is 2.33 bits per heavy atom. The fraction of sp³-hybridized carbons (Fsp3) is 0.385. The molecular formula is C13H17N3OS. The van der Waals surface area contributed by atoms with Gasteiger partial charge in [0.2, 0.25) is 0 Å². The molecule has 0 bridgehead atoms. The molecule has 0 fully saturated rings. The van der Waals surface area contributed by atoms with E-state index in [2.05, 4.69) is 29.4 Å². The van der Waals surface area contributed by atoms with Crippen molar-refractivity contribution in [1.82, 2.24) is 10.2 Å². The number of amides is 1. The molecule has 2 N–H and O–H groups in total. The van der Waals surface area contributed by atoms with Crippen molar-refractivity contribution in [2.75, 3.05) is 5.32 Å². The van der Waals surface area contributed by atoms with Crippen LogP contribution in [0, 0.1) is 0 Å². The lowest BCUT2D eigenvalue weighted by Crippen LogP contribution is -2.12. The van der Waals surface area contributed by atoms with Crippen LogP contribution in [0.4, 0.5) is 5.82 Å². The van der Waals surface area contributed by atoms with E-state index in [1.807, 2.05) is 24.4 Å². The molecule has 4 nitrogen and oxygen atoms in total. The van der Waals surface area contributed by atoms with Crippen molar-refractivity contribution >= 4 is 23.1 Å². The van der Waals surface area contributed by atoms with E-state index in [0.29, 0.717) is 11.7 Å². The van der Waals surface area contributed by atoms with Gasteiger partial charge in [-0.1, -0.05) is 20.8 Å². The molecule has 96 valence electrons. The van der Waals surface area contributed by atoms with Gasteiger partial charge in [0.05, 0.1) is 4.88 Å². The van der Waals surface area contributed by atoms with E-state index in [1.165, 1.54) is 11.3 Å². The summed E-state index contributed by atoms with van der Waals surface area (Å²) in [6, 6.07) is 3.87. The largest absolute Gasteiger partial charge is 0.304 e. The second-order valence-electron chi connectivity index (χ2n) is 4.45. The molecular weight excluding hydrogens is 246 g/mol. The number of rotatable bonds is 4. The van der Waals surface area contributed by atoms with Gasteiger partial charge in [-0.15, -0.1) is 11.3 Å². The zero-order valence-electron chi connectivity index (χ0n) is 10.8. The summed E-state index contributed by atoms with van der Waals surface area (Å²) in [5, 5.41) is 11.8. The predicted octanol–water partition coefficient (Wildman–Crippen LogP) is 3.41. The monoisotopic (exact) mass is 263 g/mol. The van der Waals surface area contributed by atoms with Crippen molar-refractivity contribution in [2.24, 2.45) is 0 Å². The number of anilines is 1. The Labute approximate surface area is 110 Å². The third-order valence-electron chi connectivity index (χ3n) is 2.80. The summed E-state index contributed by atoms with van der Waals surface area (Å²) in [4.78, 5) is 12.8. The fourth-order valence-electron chi connectivity index (χ4n) is 1.68. The normalized spacial score (nSPS) is 10.9. The van der Waals surface area contributed by atoms with Crippen LogP contribution in [0.15, 0.2) is 17.5 Å². The Morgan fingerprint density at radius 1 is 1.56 bits per heavy atom. The molecule has 2 aromatic rings. The van der Waals surface area contributed by atoms with Crippen molar-refractivity contribution < 1.29 is 4.79 Å². The molecule has 0 aliphatic heterocycles. The summed E-state index contributed by atoms with van der Waals surface area (Å²) in [6.45, 7) is 6.20. The topological polar surface area (TPSA) is 57.8 Å². The minimum Gasteiger partial charge on any atom is -0.304 e. The van der Waals surface area contributed by atoms with E-state index >= 15 is 0 Å². The van der Waals surface area contributed by atoms with E-state index in [4.69, 9.17) is 0 Å². The summed E-state index contributed by atoms with van der Waals surface area (Å²) in [5.41, 5.74) is 2.10. The van der Waals surface area contributed by atoms with Crippen molar-refractivity contribution in [1.29, 1.82) is 0 Å². The minimum absolute atomic E-state index is 0.0799. The van der Waals surface area contributed by atoms with Crippen LogP contribution in [-0.4, -0.2) is 16.1 Å². The van der Waals surface area contributed by atoms with E-state index in [9.17, 15) is 4.79 Å². The van der Waals surface area contributed by atoms with Gasteiger partial charge in [-0.05, 0) is 29.3 Å². The Hall–Kier alpha value is -1.62. The van der Waals surface area contributed by atoms with Crippen molar-refractivity contribution in [3.05, 3.63) is 33.6 Å². The first-order chi connectivity index (χ1) is 8.61. The van der Waals surface area contributed by atoms with Crippen LogP contribution in [-0.2, 0) is 6.42 Å². The van der Waals surface area contributed by atoms with Crippen LogP contribution < -0.4 is 5.32 Å². The Morgan fingerprint density at radius 3 is 2.94 bits per heavy atom. The lowest BCUT2D eigenvalue weighted by Gasteiger charge is -2.01. The summed E-state index contributed by atoms with van der Waals surface area (Å²) in [6.07, 6.45) is 0.865. The Balaban J connectivity index is 2.11. The summed E-state index contributed by atoms with van der Waals surface area (Å²) < 4.78 is 0. The number of carbonyl (C=O) groups is 1. The molecule has 1 amide bonds. The third-order valence-corrected chi connectivity index (χ3v) is 3.75. The summed E-state index contributed by atoms with van der Waals surface area (Å²) in [7, 11) is 0. The van der Waals surface area contributed by atoms with Gasteiger partial charge in [0.1, 0.15) is 0 Å². The number of aromatic amines is 1. The van der Waals surface area contributed by atoms with Crippen LogP contribution in [0.25, 0.3) is 0 Å². The van der Waals surface area contributed by atoms with Gasteiger partial charge >= 0.3 is 0 Å². The smallest absolute Gasteiger partial charge is 0.267 e. The molecule has 2 heterocycles. The highest BCUT2D eigenvalue weighted by Gasteiger charge is 2.14. The number of carbonyl (C=O) groups excluding carboxylic acids is 1. The number of hydrogen-bond acceptors (Lipinski definition) is 3. The lowest BCUT2D eigenvalue weighted by atomic mass is 10.1. The van der Waals surface area contributed by atoms with Gasteiger partial charge in [0.25, 0.3) is 5.91 Å². The first-order valence-electron chi connectivity index (χ1n) is 6.04. The maximum absolute atomic E-state index is 12.1. The molecule has 5 heteroatoms.